The van der Waals surface area contributed by atoms with Gasteiger partial charge in [-0.15, -0.1) is 0 Å². The van der Waals surface area contributed by atoms with Crippen molar-refractivity contribution < 1.29 is 14.3 Å². The van der Waals surface area contributed by atoms with Gasteiger partial charge in [0.1, 0.15) is 5.82 Å². The predicted molar refractivity (Wildman–Crippen MR) is 129 cm³/mol. The fraction of sp³-hybridized carbons (Fsp3) is 0.417. The van der Waals surface area contributed by atoms with Gasteiger partial charge in [0.2, 0.25) is 0 Å². The lowest BCUT2D eigenvalue weighted by Gasteiger charge is -2.33. The number of imidazole rings is 1. The molecule has 0 bridgehead atoms. The first-order valence-electron chi connectivity index (χ1n) is 11.2. The lowest BCUT2D eigenvalue weighted by molar-refractivity contribution is 0.175. The van der Waals surface area contributed by atoms with E-state index in [0.717, 1.165) is 40.9 Å². The van der Waals surface area contributed by atoms with E-state index in [-0.39, 0.29) is 18.1 Å². The van der Waals surface area contributed by atoms with Gasteiger partial charge in [-0.3, -0.25) is 0 Å². The third kappa shape index (κ3) is 4.70. The van der Waals surface area contributed by atoms with Gasteiger partial charge in [-0.25, -0.2) is 9.78 Å². The van der Waals surface area contributed by atoms with Crippen molar-refractivity contribution in [1.29, 1.82) is 0 Å². The number of methoxy groups -OCH3 is 1. The highest BCUT2D eigenvalue weighted by Crippen LogP contribution is 2.35. The third-order valence-corrected chi connectivity index (χ3v) is 7.12. The number of halogens is 2. The number of benzene rings is 2. The standard InChI is InChI=1S/C24H26Cl2N4O3/c1-32-21-7-6-14(8-22(21)33-16-4-2-3-5-16)15-11-27-24(31)30(12-15)13-23-28-19-9-17(25)18(26)10-20(19)29-23/h6-10,15-16H,2-5,11-13H2,1H3,(H,27,31)(H,28,29). The molecule has 0 radical (unpaired) electrons. The first-order chi connectivity index (χ1) is 16.0. The van der Waals surface area contributed by atoms with Gasteiger partial charge in [0.25, 0.3) is 0 Å². The average molecular weight is 489 g/mol. The van der Waals surface area contributed by atoms with Gasteiger partial charge in [-0.1, -0.05) is 29.3 Å². The van der Waals surface area contributed by atoms with Crippen molar-refractivity contribution >= 4 is 40.3 Å². The lowest BCUT2D eigenvalue weighted by atomic mass is 9.96. The zero-order valence-electron chi connectivity index (χ0n) is 18.4. The summed E-state index contributed by atoms with van der Waals surface area (Å²) in [7, 11) is 1.66. The summed E-state index contributed by atoms with van der Waals surface area (Å²) in [5.74, 6) is 2.31. The maximum Gasteiger partial charge on any atom is 0.317 e. The van der Waals surface area contributed by atoms with E-state index in [2.05, 4.69) is 21.4 Å². The topological polar surface area (TPSA) is 79.5 Å². The first-order valence-corrected chi connectivity index (χ1v) is 12.0. The highest BCUT2D eigenvalue weighted by molar-refractivity contribution is 6.42. The van der Waals surface area contributed by atoms with Gasteiger partial charge in [-0.05, 0) is 55.5 Å². The number of nitrogens with zero attached hydrogens (tertiary/aromatic N) is 2. The Kier molecular flexibility index (Phi) is 6.25. The van der Waals surface area contributed by atoms with Crippen LogP contribution in [-0.4, -0.2) is 47.2 Å². The number of hydrogen-bond donors (Lipinski definition) is 2. The molecular weight excluding hydrogens is 463 g/mol. The number of hydrogen-bond acceptors (Lipinski definition) is 4. The van der Waals surface area contributed by atoms with Crippen molar-refractivity contribution in [2.75, 3.05) is 20.2 Å². The summed E-state index contributed by atoms with van der Waals surface area (Å²) in [4.78, 5) is 22.2. The van der Waals surface area contributed by atoms with E-state index in [1.165, 1.54) is 12.8 Å². The number of aromatic amines is 1. The molecule has 2 heterocycles. The Hall–Kier alpha value is -2.64. The monoisotopic (exact) mass is 488 g/mol. The van der Waals surface area contributed by atoms with Crippen molar-refractivity contribution in [2.24, 2.45) is 0 Å². The van der Waals surface area contributed by atoms with Crippen molar-refractivity contribution in [3.63, 3.8) is 0 Å². The quantitative estimate of drug-likeness (QED) is 0.479. The minimum absolute atomic E-state index is 0.112. The molecule has 174 valence electrons. The van der Waals surface area contributed by atoms with Crippen LogP contribution in [0.25, 0.3) is 11.0 Å². The molecule has 1 aliphatic carbocycles. The zero-order chi connectivity index (χ0) is 22.9. The number of fused-ring (bicyclic) bond motifs is 1. The molecule has 3 aromatic rings. The number of amides is 2. The SMILES string of the molecule is COc1ccc(C2CNC(=O)N(Cc3nc4cc(Cl)c(Cl)cc4[nH]3)C2)cc1OC1CCCC1. The van der Waals surface area contributed by atoms with Crippen molar-refractivity contribution in [1.82, 2.24) is 20.2 Å². The zero-order valence-corrected chi connectivity index (χ0v) is 19.9. The summed E-state index contributed by atoms with van der Waals surface area (Å²) >= 11 is 12.2. The maximum absolute atomic E-state index is 12.6. The number of urea groups is 1. The molecular formula is C24H26Cl2N4O3. The van der Waals surface area contributed by atoms with Crippen LogP contribution in [0.5, 0.6) is 11.5 Å². The number of ether oxygens (including phenoxy) is 2. The Morgan fingerprint density at radius 3 is 2.70 bits per heavy atom. The number of aromatic nitrogens is 2. The Balaban J connectivity index is 1.34. The molecule has 2 N–H and O–H groups in total. The van der Waals surface area contributed by atoms with Gasteiger partial charge in [-0.2, -0.15) is 0 Å². The highest BCUT2D eigenvalue weighted by atomic mass is 35.5. The number of H-pyrrole nitrogens is 1. The third-order valence-electron chi connectivity index (χ3n) is 6.40. The summed E-state index contributed by atoms with van der Waals surface area (Å²) in [6.45, 7) is 1.49. The van der Waals surface area contributed by atoms with E-state index in [0.29, 0.717) is 35.5 Å². The summed E-state index contributed by atoms with van der Waals surface area (Å²) in [6.07, 6.45) is 4.81. The molecule has 1 saturated heterocycles. The summed E-state index contributed by atoms with van der Waals surface area (Å²) in [5, 5.41) is 3.92. The Morgan fingerprint density at radius 1 is 1.12 bits per heavy atom. The van der Waals surface area contributed by atoms with Gasteiger partial charge in [0.15, 0.2) is 11.5 Å². The molecule has 2 amide bonds. The Labute approximate surface area is 202 Å². The minimum atomic E-state index is -0.112. The summed E-state index contributed by atoms with van der Waals surface area (Å²) in [6, 6.07) is 9.42. The second-order valence-corrected chi connectivity index (χ2v) is 9.48. The predicted octanol–water partition coefficient (Wildman–Crippen LogP) is 5.51. The number of carbonyl (C=O) groups excluding carboxylic acids is 1. The van der Waals surface area contributed by atoms with Crippen LogP contribution >= 0.6 is 23.2 Å². The Bertz CT molecular complexity index is 1140. The molecule has 33 heavy (non-hydrogen) atoms. The molecule has 1 unspecified atom stereocenters. The van der Waals surface area contributed by atoms with Crippen molar-refractivity contribution in [3.8, 4) is 11.5 Å². The van der Waals surface area contributed by atoms with Crippen LogP contribution in [0.1, 0.15) is 43.0 Å². The van der Waals surface area contributed by atoms with Crippen LogP contribution in [0.3, 0.4) is 0 Å². The number of carbonyl (C=O) groups is 1. The van der Waals surface area contributed by atoms with E-state index in [1.807, 2.05) is 12.1 Å². The van der Waals surface area contributed by atoms with Crippen LogP contribution < -0.4 is 14.8 Å². The second-order valence-electron chi connectivity index (χ2n) is 8.67. The van der Waals surface area contributed by atoms with E-state index >= 15 is 0 Å². The molecule has 0 spiro atoms. The van der Waals surface area contributed by atoms with E-state index in [1.54, 1.807) is 24.1 Å². The van der Waals surface area contributed by atoms with E-state index in [9.17, 15) is 4.79 Å². The van der Waals surface area contributed by atoms with Gasteiger partial charge in [0, 0.05) is 19.0 Å². The summed E-state index contributed by atoms with van der Waals surface area (Å²) in [5.41, 5.74) is 2.62. The average Bonchev–Trinajstić information content (AvgIpc) is 3.45. The molecule has 5 rings (SSSR count). The normalized spacial score (nSPS) is 19.2. The molecule has 1 aliphatic heterocycles. The van der Waals surface area contributed by atoms with Crippen LogP contribution in [0, 0.1) is 0 Å². The largest absolute Gasteiger partial charge is 0.493 e. The smallest absolute Gasteiger partial charge is 0.317 e. The van der Waals surface area contributed by atoms with Gasteiger partial charge >= 0.3 is 6.03 Å². The molecule has 2 aliphatic rings. The molecule has 9 heteroatoms. The molecule has 7 nitrogen and oxygen atoms in total. The number of nitrogens with one attached hydrogen (secondary N) is 2. The fourth-order valence-electron chi connectivity index (χ4n) is 4.63. The number of rotatable bonds is 6. The van der Waals surface area contributed by atoms with Crippen LogP contribution in [0.2, 0.25) is 10.0 Å². The highest BCUT2D eigenvalue weighted by Gasteiger charge is 2.28. The van der Waals surface area contributed by atoms with Crippen LogP contribution in [0.15, 0.2) is 30.3 Å². The molecule has 2 fully saturated rings. The molecule has 1 aromatic heterocycles. The molecule has 1 saturated carbocycles. The summed E-state index contributed by atoms with van der Waals surface area (Å²) < 4.78 is 11.8. The fourth-order valence-corrected chi connectivity index (χ4v) is 4.96. The van der Waals surface area contributed by atoms with E-state index < -0.39 is 0 Å². The molecule has 2 aromatic carbocycles. The first kappa shape index (κ1) is 22.2. The van der Waals surface area contributed by atoms with Gasteiger partial charge in [0.05, 0.1) is 40.8 Å². The van der Waals surface area contributed by atoms with Crippen molar-refractivity contribution in [3.05, 3.63) is 51.8 Å². The second kappa shape index (κ2) is 9.31. The van der Waals surface area contributed by atoms with Gasteiger partial charge < -0.3 is 24.7 Å². The van der Waals surface area contributed by atoms with Crippen LogP contribution in [0.4, 0.5) is 4.79 Å². The minimum Gasteiger partial charge on any atom is -0.493 e. The molecule has 1 atom stereocenters. The van der Waals surface area contributed by atoms with Crippen LogP contribution in [-0.2, 0) is 6.54 Å². The Morgan fingerprint density at radius 2 is 1.91 bits per heavy atom. The lowest BCUT2D eigenvalue weighted by Crippen LogP contribution is -2.49. The maximum atomic E-state index is 12.6. The van der Waals surface area contributed by atoms with Crippen molar-refractivity contribution in [2.45, 2.75) is 44.2 Å². The van der Waals surface area contributed by atoms with E-state index in [4.69, 9.17) is 32.7 Å².